The first kappa shape index (κ1) is 18.5. The molecule has 0 spiro atoms. The number of benzene rings is 1. The van der Waals surface area contributed by atoms with Crippen LogP contribution < -0.4 is 5.32 Å². The van der Waals surface area contributed by atoms with Gasteiger partial charge in [0.2, 0.25) is 5.91 Å². The molecule has 0 aliphatic rings. The van der Waals surface area contributed by atoms with E-state index in [9.17, 15) is 9.59 Å². The number of carboxylic acid groups (broad SMARTS) is 1. The molecular formula is C16H23NO4S. The molecule has 1 aromatic rings. The van der Waals surface area contributed by atoms with Gasteiger partial charge in [-0.05, 0) is 31.5 Å². The quantitative estimate of drug-likeness (QED) is 0.646. The Hall–Kier alpha value is -1.53. The van der Waals surface area contributed by atoms with E-state index in [4.69, 9.17) is 9.84 Å². The first-order valence-corrected chi connectivity index (χ1v) is 8.43. The van der Waals surface area contributed by atoms with E-state index < -0.39 is 5.97 Å². The van der Waals surface area contributed by atoms with E-state index in [0.717, 1.165) is 17.0 Å². The third-order valence-corrected chi connectivity index (χ3v) is 3.75. The van der Waals surface area contributed by atoms with Crippen LogP contribution in [-0.4, -0.2) is 35.4 Å². The van der Waals surface area contributed by atoms with Gasteiger partial charge in [0.1, 0.15) is 0 Å². The molecule has 2 N–H and O–H groups in total. The third kappa shape index (κ3) is 8.69. The Labute approximate surface area is 135 Å². The van der Waals surface area contributed by atoms with E-state index in [0.29, 0.717) is 18.8 Å². The monoisotopic (exact) mass is 325 g/mol. The number of amides is 1. The average molecular weight is 325 g/mol. The summed E-state index contributed by atoms with van der Waals surface area (Å²) in [5, 5.41) is 11.4. The van der Waals surface area contributed by atoms with Crippen LogP contribution in [0.4, 0.5) is 5.69 Å². The minimum absolute atomic E-state index is 0.0728. The van der Waals surface area contributed by atoms with Crippen LogP contribution in [0.1, 0.15) is 32.3 Å². The highest BCUT2D eigenvalue weighted by atomic mass is 32.2. The van der Waals surface area contributed by atoms with Gasteiger partial charge in [0.25, 0.3) is 0 Å². The van der Waals surface area contributed by atoms with Gasteiger partial charge < -0.3 is 15.2 Å². The Morgan fingerprint density at radius 3 is 2.77 bits per heavy atom. The Morgan fingerprint density at radius 1 is 1.32 bits per heavy atom. The van der Waals surface area contributed by atoms with Gasteiger partial charge in [-0.1, -0.05) is 12.1 Å². The van der Waals surface area contributed by atoms with Gasteiger partial charge in [0.05, 0.1) is 25.6 Å². The lowest BCUT2D eigenvalue weighted by Gasteiger charge is -2.09. The number of carboxylic acids is 1. The molecule has 0 saturated heterocycles. The second kappa shape index (κ2) is 10.2. The van der Waals surface area contributed by atoms with Gasteiger partial charge in [0.15, 0.2) is 0 Å². The van der Waals surface area contributed by atoms with Crippen molar-refractivity contribution in [1.29, 1.82) is 0 Å². The molecule has 0 heterocycles. The van der Waals surface area contributed by atoms with Crippen molar-refractivity contribution in [2.45, 2.75) is 38.5 Å². The summed E-state index contributed by atoms with van der Waals surface area (Å²) in [6.45, 7) is 4.28. The van der Waals surface area contributed by atoms with Crippen molar-refractivity contribution in [2.75, 3.05) is 17.7 Å². The standard InChI is InChI=1S/C16H23NO4S/c1-12(2)21-8-6-15(18)17-14-5-3-4-13(10-14)11-22-9-7-16(19)20/h3-5,10,12H,6-9,11H2,1-2H3,(H,17,18)(H,19,20). The molecule has 0 atom stereocenters. The van der Waals surface area contributed by atoms with Crippen LogP contribution in [0.15, 0.2) is 24.3 Å². The van der Waals surface area contributed by atoms with Crippen LogP contribution in [0, 0.1) is 0 Å². The fourth-order valence-corrected chi connectivity index (χ4v) is 2.58. The van der Waals surface area contributed by atoms with Crippen LogP contribution in [0.3, 0.4) is 0 Å². The van der Waals surface area contributed by atoms with Gasteiger partial charge in [-0.15, -0.1) is 0 Å². The average Bonchev–Trinajstić information content (AvgIpc) is 2.43. The van der Waals surface area contributed by atoms with Crippen molar-refractivity contribution in [3.63, 3.8) is 0 Å². The molecule has 1 aromatic carbocycles. The Morgan fingerprint density at radius 2 is 2.09 bits per heavy atom. The fraction of sp³-hybridized carbons (Fsp3) is 0.500. The maximum atomic E-state index is 11.8. The molecule has 5 nitrogen and oxygen atoms in total. The van der Waals surface area contributed by atoms with Crippen molar-refractivity contribution in [3.05, 3.63) is 29.8 Å². The summed E-state index contributed by atoms with van der Waals surface area (Å²) in [4.78, 5) is 22.2. The van der Waals surface area contributed by atoms with Crippen molar-refractivity contribution in [2.24, 2.45) is 0 Å². The van der Waals surface area contributed by atoms with E-state index in [1.54, 1.807) is 11.8 Å². The zero-order valence-electron chi connectivity index (χ0n) is 13.0. The lowest BCUT2D eigenvalue weighted by Crippen LogP contribution is -2.15. The van der Waals surface area contributed by atoms with Gasteiger partial charge >= 0.3 is 5.97 Å². The normalized spacial score (nSPS) is 10.7. The molecule has 0 aliphatic carbocycles. The molecule has 0 aromatic heterocycles. The number of aliphatic carboxylic acids is 1. The molecule has 0 bridgehead atoms. The molecule has 0 aliphatic heterocycles. The number of carbonyl (C=O) groups excluding carboxylic acids is 1. The largest absolute Gasteiger partial charge is 0.481 e. The van der Waals surface area contributed by atoms with Crippen molar-refractivity contribution >= 4 is 29.3 Å². The molecule has 1 rings (SSSR count). The number of carbonyl (C=O) groups is 2. The number of hydrogen-bond donors (Lipinski definition) is 2. The summed E-state index contributed by atoms with van der Waals surface area (Å²) in [6, 6.07) is 7.60. The Bertz CT molecular complexity index is 491. The highest BCUT2D eigenvalue weighted by Gasteiger charge is 2.04. The highest BCUT2D eigenvalue weighted by molar-refractivity contribution is 7.98. The van der Waals surface area contributed by atoms with E-state index in [-0.39, 0.29) is 18.4 Å². The summed E-state index contributed by atoms with van der Waals surface area (Å²) in [6.07, 6.45) is 0.617. The van der Waals surface area contributed by atoms with E-state index in [1.807, 2.05) is 38.1 Å². The predicted molar refractivity (Wildman–Crippen MR) is 89.2 cm³/mol. The first-order valence-electron chi connectivity index (χ1n) is 7.27. The van der Waals surface area contributed by atoms with Crippen molar-refractivity contribution < 1.29 is 19.4 Å². The molecule has 22 heavy (non-hydrogen) atoms. The molecule has 0 unspecified atom stereocenters. The van der Waals surface area contributed by atoms with E-state index in [2.05, 4.69) is 5.32 Å². The minimum Gasteiger partial charge on any atom is -0.481 e. The summed E-state index contributed by atoms with van der Waals surface area (Å²) in [7, 11) is 0. The molecule has 0 fully saturated rings. The zero-order chi connectivity index (χ0) is 16.4. The highest BCUT2D eigenvalue weighted by Crippen LogP contribution is 2.17. The van der Waals surface area contributed by atoms with Crippen LogP contribution in [-0.2, 0) is 20.1 Å². The zero-order valence-corrected chi connectivity index (χ0v) is 13.8. The van der Waals surface area contributed by atoms with E-state index in [1.165, 1.54) is 0 Å². The summed E-state index contributed by atoms with van der Waals surface area (Å²) >= 11 is 1.57. The minimum atomic E-state index is -0.780. The lowest BCUT2D eigenvalue weighted by molar-refractivity contribution is -0.136. The van der Waals surface area contributed by atoms with Crippen LogP contribution in [0.5, 0.6) is 0 Å². The summed E-state index contributed by atoms with van der Waals surface area (Å²) in [5.74, 6) is 0.458. The number of thioether (sulfide) groups is 1. The smallest absolute Gasteiger partial charge is 0.304 e. The topological polar surface area (TPSA) is 75.6 Å². The molecular weight excluding hydrogens is 302 g/mol. The third-order valence-electron chi connectivity index (χ3n) is 2.72. The Balaban J connectivity index is 2.36. The van der Waals surface area contributed by atoms with Crippen molar-refractivity contribution in [1.82, 2.24) is 0 Å². The van der Waals surface area contributed by atoms with Gasteiger partial charge in [-0.2, -0.15) is 11.8 Å². The van der Waals surface area contributed by atoms with Gasteiger partial charge in [0, 0.05) is 17.2 Å². The molecule has 122 valence electrons. The maximum Gasteiger partial charge on any atom is 0.304 e. The van der Waals surface area contributed by atoms with Crippen LogP contribution in [0.2, 0.25) is 0 Å². The van der Waals surface area contributed by atoms with Crippen LogP contribution in [0.25, 0.3) is 0 Å². The number of nitrogens with one attached hydrogen (secondary N) is 1. The molecule has 6 heteroatoms. The molecule has 1 amide bonds. The number of rotatable bonds is 10. The summed E-state index contributed by atoms with van der Waals surface area (Å²) < 4.78 is 5.35. The second-order valence-corrected chi connectivity index (χ2v) is 6.22. The number of hydrogen-bond acceptors (Lipinski definition) is 4. The lowest BCUT2D eigenvalue weighted by atomic mass is 10.2. The predicted octanol–water partition coefficient (Wildman–Crippen LogP) is 3.15. The van der Waals surface area contributed by atoms with Crippen molar-refractivity contribution in [3.8, 4) is 0 Å². The number of anilines is 1. The second-order valence-electron chi connectivity index (χ2n) is 5.11. The fourth-order valence-electron chi connectivity index (χ4n) is 1.70. The SMILES string of the molecule is CC(C)OCCC(=O)Nc1cccc(CSCCC(=O)O)c1. The summed E-state index contributed by atoms with van der Waals surface area (Å²) in [5.41, 5.74) is 1.82. The number of ether oxygens (including phenoxy) is 1. The van der Waals surface area contributed by atoms with Gasteiger partial charge in [-0.25, -0.2) is 0 Å². The molecule has 0 saturated carbocycles. The Kier molecular flexibility index (Phi) is 8.62. The maximum absolute atomic E-state index is 11.8. The van der Waals surface area contributed by atoms with E-state index >= 15 is 0 Å². The first-order chi connectivity index (χ1) is 10.5. The van der Waals surface area contributed by atoms with Crippen LogP contribution >= 0.6 is 11.8 Å². The molecule has 0 radical (unpaired) electrons. The van der Waals surface area contributed by atoms with Gasteiger partial charge in [-0.3, -0.25) is 9.59 Å².